The molecule has 0 saturated carbocycles. The number of nitrogens with zero attached hydrogens (tertiary/aromatic N) is 2. The van der Waals surface area contributed by atoms with Gasteiger partial charge in [0, 0.05) is 30.4 Å². The molecule has 3 heterocycles. The van der Waals surface area contributed by atoms with Crippen LogP contribution < -0.4 is 0 Å². The molecule has 1 fully saturated rings. The van der Waals surface area contributed by atoms with Crippen LogP contribution in [0.25, 0.3) is 5.00 Å². The molecule has 0 bridgehead atoms. The van der Waals surface area contributed by atoms with Crippen LogP contribution in [0.15, 0.2) is 24.5 Å². The highest BCUT2D eigenvalue weighted by Crippen LogP contribution is 2.31. The number of thiophene rings is 1. The zero-order valence-electron chi connectivity index (χ0n) is 15.7. The number of hydrogen-bond donors (Lipinski definition) is 0. The standard InChI is InChI=1S/C20H26N2O3S/c1-14-16(3)26-19(22-12-8-9-13-22)17(14)20(24)25-15(2)18(23)21-10-6-4-5-7-11-21/h8-9,12-13,15H,4-7,10-11H2,1-3H3. The molecule has 1 unspecified atom stereocenters. The second-order valence-corrected chi connectivity index (χ2v) is 8.04. The summed E-state index contributed by atoms with van der Waals surface area (Å²) in [6.45, 7) is 7.11. The molecule has 3 rings (SSSR count). The lowest BCUT2D eigenvalue weighted by Gasteiger charge is -2.24. The molecule has 0 aliphatic carbocycles. The van der Waals surface area contributed by atoms with Crippen molar-refractivity contribution in [1.82, 2.24) is 9.47 Å². The second kappa shape index (κ2) is 8.08. The van der Waals surface area contributed by atoms with Crippen molar-refractivity contribution in [2.75, 3.05) is 13.1 Å². The highest BCUT2D eigenvalue weighted by Gasteiger charge is 2.28. The fourth-order valence-electron chi connectivity index (χ4n) is 3.32. The average molecular weight is 375 g/mol. The Morgan fingerprint density at radius 2 is 1.69 bits per heavy atom. The third kappa shape index (κ3) is 3.85. The topological polar surface area (TPSA) is 51.5 Å². The van der Waals surface area contributed by atoms with Gasteiger partial charge in [0.1, 0.15) is 5.00 Å². The van der Waals surface area contributed by atoms with E-state index < -0.39 is 12.1 Å². The van der Waals surface area contributed by atoms with Crippen molar-refractivity contribution >= 4 is 23.2 Å². The Bertz CT molecular complexity index is 771. The number of hydrogen-bond acceptors (Lipinski definition) is 4. The van der Waals surface area contributed by atoms with E-state index in [0.29, 0.717) is 5.56 Å². The van der Waals surface area contributed by atoms with Crippen molar-refractivity contribution in [2.45, 2.75) is 52.6 Å². The summed E-state index contributed by atoms with van der Waals surface area (Å²) in [4.78, 5) is 28.4. The number of aromatic nitrogens is 1. The van der Waals surface area contributed by atoms with Crippen molar-refractivity contribution in [2.24, 2.45) is 0 Å². The molecular weight excluding hydrogens is 348 g/mol. The smallest absolute Gasteiger partial charge is 0.342 e. The minimum Gasteiger partial charge on any atom is -0.449 e. The van der Waals surface area contributed by atoms with Gasteiger partial charge in [0.2, 0.25) is 0 Å². The summed E-state index contributed by atoms with van der Waals surface area (Å²) in [5, 5.41) is 0.837. The summed E-state index contributed by atoms with van der Waals surface area (Å²) in [6.07, 6.45) is 7.41. The maximum atomic E-state index is 12.9. The predicted octanol–water partition coefficient (Wildman–Crippen LogP) is 4.10. The van der Waals surface area contributed by atoms with Gasteiger partial charge in [0.15, 0.2) is 6.10 Å². The second-order valence-electron chi connectivity index (χ2n) is 6.84. The van der Waals surface area contributed by atoms with E-state index in [4.69, 9.17) is 4.74 Å². The molecule has 2 aromatic heterocycles. The summed E-state index contributed by atoms with van der Waals surface area (Å²) in [7, 11) is 0. The van der Waals surface area contributed by atoms with Crippen molar-refractivity contribution < 1.29 is 14.3 Å². The van der Waals surface area contributed by atoms with Crippen LogP contribution in [0.1, 0.15) is 53.4 Å². The van der Waals surface area contributed by atoms with E-state index in [1.54, 1.807) is 18.3 Å². The maximum Gasteiger partial charge on any atom is 0.342 e. The fraction of sp³-hybridized carbons (Fsp3) is 0.500. The molecule has 140 valence electrons. The number of carbonyl (C=O) groups excluding carboxylic acids is 2. The summed E-state index contributed by atoms with van der Waals surface area (Å²) in [6, 6.07) is 3.84. The molecule has 1 aliphatic rings. The van der Waals surface area contributed by atoms with Crippen LogP contribution in [0.5, 0.6) is 0 Å². The van der Waals surface area contributed by atoms with Gasteiger partial charge in [-0.05, 0) is 51.3 Å². The van der Waals surface area contributed by atoms with E-state index in [1.165, 1.54) is 0 Å². The van der Waals surface area contributed by atoms with Gasteiger partial charge < -0.3 is 14.2 Å². The molecule has 5 nitrogen and oxygen atoms in total. The lowest BCUT2D eigenvalue weighted by molar-refractivity contribution is -0.139. The van der Waals surface area contributed by atoms with Crippen molar-refractivity contribution in [3.8, 4) is 5.00 Å². The SMILES string of the molecule is Cc1sc(-n2cccc2)c(C(=O)OC(C)C(=O)N2CCCCCC2)c1C. The van der Waals surface area contributed by atoms with Crippen LogP contribution in [0, 0.1) is 13.8 Å². The van der Waals surface area contributed by atoms with Gasteiger partial charge in [0.05, 0.1) is 5.56 Å². The Morgan fingerprint density at radius 3 is 2.31 bits per heavy atom. The van der Waals surface area contributed by atoms with E-state index in [9.17, 15) is 9.59 Å². The van der Waals surface area contributed by atoms with Crippen molar-refractivity contribution in [3.05, 3.63) is 40.5 Å². The number of esters is 1. The van der Waals surface area contributed by atoms with E-state index in [-0.39, 0.29) is 5.91 Å². The molecule has 1 atom stereocenters. The van der Waals surface area contributed by atoms with Gasteiger partial charge >= 0.3 is 5.97 Å². The Balaban J connectivity index is 1.76. The van der Waals surface area contributed by atoms with Gasteiger partial charge in [-0.15, -0.1) is 11.3 Å². The maximum absolute atomic E-state index is 12.9. The zero-order valence-corrected chi connectivity index (χ0v) is 16.5. The normalized spacial score (nSPS) is 16.2. The lowest BCUT2D eigenvalue weighted by atomic mass is 10.1. The Labute approximate surface area is 158 Å². The molecular formula is C20H26N2O3S. The first-order valence-electron chi connectivity index (χ1n) is 9.22. The first-order valence-corrected chi connectivity index (χ1v) is 10.0. The van der Waals surface area contributed by atoms with Crippen LogP contribution in [-0.4, -0.2) is 40.5 Å². The molecule has 2 aromatic rings. The van der Waals surface area contributed by atoms with Crippen LogP contribution >= 0.6 is 11.3 Å². The van der Waals surface area contributed by atoms with Gasteiger partial charge in [-0.25, -0.2) is 4.79 Å². The highest BCUT2D eigenvalue weighted by molar-refractivity contribution is 7.15. The molecule has 26 heavy (non-hydrogen) atoms. The molecule has 0 spiro atoms. The minimum atomic E-state index is -0.766. The van der Waals surface area contributed by atoms with Gasteiger partial charge in [-0.1, -0.05) is 12.8 Å². The molecule has 1 saturated heterocycles. The first-order chi connectivity index (χ1) is 12.5. The molecule has 0 N–H and O–H groups in total. The first kappa shape index (κ1) is 18.7. The molecule has 6 heteroatoms. The summed E-state index contributed by atoms with van der Waals surface area (Å²) in [5.74, 6) is -0.515. The van der Waals surface area contributed by atoms with Crippen LogP contribution in [0.2, 0.25) is 0 Å². The largest absolute Gasteiger partial charge is 0.449 e. The molecule has 0 radical (unpaired) electrons. The summed E-state index contributed by atoms with van der Waals surface area (Å²) >= 11 is 1.56. The van der Waals surface area contributed by atoms with Crippen LogP contribution in [0.4, 0.5) is 0 Å². The number of likely N-dealkylation sites (tertiary alicyclic amines) is 1. The third-order valence-corrected chi connectivity index (χ3v) is 6.18. The Kier molecular flexibility index (Phi) is 5.81. The quantitative estimate of drug-likeness (QED) is 0.757. The van der Waals surface area contributed by atoms with Crippen molar-refractivity contribution in [1.29, 1.82) is 0 Å². The van der Waals surface area contributed by atoms with Gasteiger partial charge in [-0.2, -0.15) is 0 Å². The third-order valence-electron chi connectivity index (χ3n) is 4.96. The molecule has 1 amide bonds. The number of aryl methyl sites for hydroxylation is 1. The molecule has 0 aromatic carbocycles. The fourth-order valence-corrected chi connectivity index (χ4v) is 4.43. The number of rotatable bonds is 4. The van der Waals surface area contributed by atoms with E-state index in [2.05, 4.69) is 0 Å². The zero-order chi connectivity index (χ0) is 18.7. The number of carbonyl (C=O) groups is 2. The summed E-state index contributed by atoms with van der Waals surface area (Å²) < 4.78 is 7.51. The highest BCUT2D eigenvalue weighted by atomic mass is 32.1. The van der Waals surface area contributed by atoms with Crippen LogP contribution in [0.3, 0.4) is 0 Å². The average Bonchev–Trinajstić information content (AvgIpc) is 3.14. The van der Waals surface area contributed by atoms with Gasteiger partial charge in [-0.3, -0.25) is 4.79 Å². The molecule has 1 aliphatic heterocycles. The minimum absolute atomic E-state index is 0.0904. The Hall–Kier alpha value is -2.08. The van der Waals surface area contributed by atoms with Crippen molar-refractivity contribution in [3.63, 3.8) is 0 Å². The van der Waals surface area contributed by atoms with E-state index in [1.807, 2.05) is 47.8 Å². The van der Waals surface area contributed by atoms with E-state index >= 15 is 0 Å². The predicted molar refractivity (Wildman–Crippen MR) is 103 cm³/mol. The monoisotopic (exact) mass is 374 g/mol. The van der Waals surface area contributed by atoms with E-state index in [0.717, 1.165) is 54.2 Å². The number of amides is 1. The van der Waals surface area contributed by atoms with Crippen LogP contribution in [-0.2, 0) is 9.53 Å². The summed E-state index contributed by atoms with van der Waals surface area (Å²) in [5.41, 5.74) is 1.47. The Morgan fingerprint density at radius 1 is 1.08 bits per heavy atom. The van der Waals surface area contributed by atoms with Gasteiger partial charge in [0.25, 0.3) is 5.91 Å². The lowest BCUT2D eigenvalue weighted by Crippen LogP contribution is -2.40. The number of ether oxygens (including phenoxy) is 1.